The van der Waals surface area contributed by atoms with E-state index in [0.29, 0.717) is 5.41 Å². The Morgan fingerprint density at radius 3 is 1.57 bits per heavy atom. The third-order valence-electron chi connectivity index (χ3n) is 5.07. The quantitative estimate of drug-likeness (QED) is 0.327. The van der Waals surface area contributed by atoms with Crippen LogP contribution in [0.15, 0.2) is 0 Å². The van der Waals surface area contributed by atoms with Crippen molar-refractivity contribution in [3.63, 3.8) is 0 Å². The van der Waals surface area contributed by atoms with Crippen LogP contribution in [0.1, 0.15) is 118 Å². The number of aliphatic hydroxyl groups excluding tert-OH is 1. The first kappa shape index (κ1) is 21.0. The van der Waals surface area contributed by atoms with Crippen molar-refractivity contribution in [1.82, 2.24) is 0 Å². The average molecular weight is 299 g/mol. The van der Waals surface area contributed by atoms with Crippen LogP contribution in [0.5, 0.6) is 0 Å². The second-order valence-electron chi connectivity index (χ2n) is 7.65. The van der Waals surface area contributed by atoms with Gasteiger partial charge in [-0.25, -0.2) is 0 Å². The molecule has 1 atom stereocenters. The highest BCUT2D eigenvalue weighted by Crippen LogP contribution is 2.27. The van der Waals surface area contributed by atoms with Crippen LogP contribution < -0.4 is 0 Å². The lowest BCUT2D eigenvalue weighted by Crippen LogP contribution is -2.08. The van der Waals surface area contributed by atoms with Crippen LogP contribution in [0.25, 0.3) is 0 Å². The molecule has 0 heterocycles. The lowest BCUT2D eigenvalue weighted by atomic mass is 9.84. The molecule has 0 aliphatic rings. The summed E-state index contributed by atoms with van der Waals surface area (Å²) < 4.78 is 0. The molecule has 0 aliphatic carbocycles. The Kier molecular flexibility index (Phi) is 13.6. The molecular weight excluding hydrogens is 256 g/mol. The van der Waals surface area contributed by atoms with Gasteiger partial charge < -0.3 is 5.11 Å². The zero-order chi connectivity index (χ0) is 16.0. The second kappa shape index (κ2) is 13.6. The van der Waals surface area contributed by atoms with Crippen molar-refractivity contribution in [2.45, 2.75) is 124 Å². The molecule has 0 spiro atoms. The van der Waals surface area contributed by atoms with Crippen molar-refractivity contribution in [2.75, 3.05) is 0 Å². The van der Waals surface area contributed by atoms with E-state index in [1.807, 2.05) is 0 Å². The van der Waals surface area contributed by atoms with Crippen LogP contribution in [0, 0.1) is 5.41 Å². The smallest absolute Gasteiger partial charge is 0.0537 e. The van der Waals surface area contributed by atoms with Crippen molar-refractivity contribution in [1.29, 1.82) is 0 Å². The first-order chi connectivity index (χ1) is 10.0. The third-order valence-corrected chi connectivity index (χ3v) is 5.07. The average Bonchev–Trinajstić information content (AvgIpc) is 2.48. The van der Waals surface area contributed by atoms with E-state index in [1.54, 1.807) is 0 Å². The van der Waals surface area contributed by atoms with Gasteiger partial charge in [0.2, 0.25) is 0 Å². The van der Waals surface area contributed by atoms with E-state index in [-0.39, 0.29) is 6.10 Å². The molecule has 0 saturated heterocycles. The maximum atomic E-state index is 9.47. The van der Waals surface area contributed by atoms with Gasteiger partial charge >= 0.3 is 0 Å². The molecule has 1 nitrogen and oxygen atoms in total. The normalized spacial score (nSPS) is 13.6. The van der Waals surface area contributed by atoms with Gasteiger partial charge in [-0.15, -0.1) is 0 Å². The van der Waals surface area contributed by atoms with Crippen molar-refractivity contribution >= 4 is 0 Å². The lowest BCUT2D eigenvalue weighted by Gasteiger charge is -2.22. The van der Waals surface area contributed by atoms with Crippen molar-refractivity contribution in [2.24, 2.45) is 5.41 Å². The highest BCUT2D eigenvalue weighted by Gasteiger charge is 2.13. The predicted molar refractivity (Wildman–Crippen MR) is 95.8 cm³/mol. The van der Waals surface area contributed by atoms with Crippen LogP contribution in [-0.4, -0.2) is 11.2 Å². The molecule has 1 heteroatoms. The molecule has 1 unspecified atom stereocenters. The minimum absolute atomic E-state index is 0.0531. The summed E-state index contributed by atoms with van der Waals surface area (Å²) in [6, 6.07) is 0. The topological polar surface area (TPSA) is 20.2 Å². The van der Waals surface area contributed by atoms with Gasteiger partial charge in [-0.05, 0) is 24.7 Å². The molecule has 0 fully saturated rings. The largest absolute Gasteiger partial charge is 0.393 e. The van der Waals surface area contributed by atoms with Crippen LogP contribution in [0.3, 0.4) is 0 Å². The van der Waals surface area contributed by atoms with Crippen LogP contribution in [0.4, 0.5) is 0 Å². The molecular formula is C20H42O. The van der Waals surface area contributed by atoms with Gasteiger partial charge in [-0.1, -0.05) is 98.3 Å². The summed E-state index contributed by atoms with van der Waals surface area (Å²) >= 11 is 0. The third kappa shape index (κ3) is 14.7. The fourth-order valence-electron chi connectivity index (χ4n) is 2.78. The first-order valence-corrected chi connectivity index (χ1v) is 9.70. The van der Waals surface area contributed by atoms with Crippen LogP contribution >= 0.6 is 0 Å². The summed E-state index contributed by atoms with van der Waals surface area (Å²) in [6.45, 7) is 9.16. The Bertz CT molecular complexity index is 210. The van der Waals surface area contributed by atoms with Gasteiger partial charge in [-0.2, -0.15) is 0 Å². The monoisotopic (exact) mass is 298 g/mol. The molecule has 1 N–H and O–H groups in total. The maximum absolute atomic E-state index is 9.47. The highest BCUT2D eigenvalue weighted by molar-refractivity contribution is 4.65. The number of unbranched alkanes of at least 4 members (excludes halogenated alkanes) is 9. The fraction of sp³-hybridized carbons (Fsp3) is 1.00. The Labute approximate surface area is 134 Å². The Morgan fingerprint density at radius 2 is 1.14 bits per heavy atom. The molecule has 0 aromatic heterocycles. The molecule has 21 heavy (non-hydrogen) atoms. The van der Waals surface area contributed by atoms with Crippen molar-refractivity contribution in [3.8, 4) is 0 Å². The minimum atomic E-state index is -0.0531. The van der Waals surface area contributed by atoms with Gasteiger partial charge in [0, 0.05) is 0 Å². The van der Waals surface area contributed by atoms with Gasteiger partial charge in [0.05, 0.1) is 6.10 Å². The van der Waals surface area contributed by atoms with E-state index in [0.717, 1.165) is 12.8 Å². The Hall–Kier alpha value is -0.0400. The molecule has 0 bridgehead atoms. The number of hydrogen-bond donors (Lipinski definition) is 1. The summed E-state index contributed by atoms with van der Waals surface area (Å²) in [5, 5.41) is 9.47. The van der Waals surface area contributed by atoms with E-state index in [2.05, 4.69) is 27.7 Å². The highest BCUT2D eigenvalue weighted by atomic mass is 16.3. The molecule has 0 aliphatic heterocycles. The fourth-order valence-corrected chi connectivity index (χ4v) is 2.78. The molecule has 0 amide bonds. The zero-order valence-electron chi connectivity index (χ0n) is 15.4. The Balaban J connectivity index is 3.13. The van der Waals surface area contributed by atoms with Crippen molar-refractivity contribution in [3.05, 3.63) is 0 Å². The van der Waals surface area contributed by atoms with Gasteiger partial charge in [0.15, 0.2) is 0 Å². The maximum Gasteiger partial charge on any atom is 0.0537 e. The predicted octanol–water partition coefficient (Wildman–Crippen LogP) is 6.87. The summed E-state index contributed by atoms with van der Waals surface area (Å²) in [5.74, 6) is 0. The minimum Gasteiger partial charge on any atom is -0.393 e. The SMILES string of the molecule is CCC(O)CCCCCCCCCCCCC(C)(C)CC. The summed E-state index contributed by atoms with van der Waals surface area (Å²) in [4.78, 5) is 0. The number of rotatable bonds is 15. The van der Waals surface area contributed by atoms with E-state index < -0.39 is 0 Å². The van der Waals surface area contributed by atoms with Gasteiger partial charge in [0.25, 0.3) is 0 Å². The van der Waals surface area contributed by atoms with E-state index >= 15 is 0 Å². The summed E-state index contributed by atoms with van der Waals surface area (Å²) in [5.41, 5.74) is 0.561. The van der Waals surface area contributed by atoms with E-state index in [1.165, 1.54) is 77.0 Å². The van der Waals surface area contributed by atoms with Crippen molar-refractivity contribution < 1.29 is 5.11 Å². The molecule has 0 radical (unpaired) electrons. The number of hydrogen-bond acceptors (Lipinski definition) is 1. The van der Waals surface area contributed by atoms with Gasteiger partial charge in [-0.3, -0.25) is 0 Å². The van der Waals surface area contributed by atoms with Gasteiger partial charge in [0.1, 0.15) is 0 Å². The molecule has 0 aromatic rings. The molecule has 0 saturated carbocycles. The molecule has 0 rings (SSSR count). The second-order valence-corrected chi connectivity index (χ2v) is 7.65. The number of aliphatic hydroxyl groups is 1. The lowest BCUT2D eigenvalue weighted by molar-refractivity contribution is 0.156. The van der Waals surface area contributed by atoms with Crippen LogP contribution in [0.2, 0.25) is 0 Å². The summed E-state index contributed by atoms with van der Waals surface area (Å²) in [6.07, 6.45) is 18.4. The standard InChI is InChI=1S/C20H42O/c1-5-19(21)17-15-13-11-9-7-8-10-12-14-16-18-20(3,4)6-2/h19,21H,5-18H2,1-4H3. The summed E-state index contributed by atoms with van der Waals surface area (Å²) in [7, 11) is 0. The first-order valence-electron chi connectivity index (χ1n) is 9.70. The zero-order valence-corrected chi connectivity index (χ0v) is 15.4. The molecule has 0 aromatic carbocycles. The Morgan fingerprint density at radius 1 is 0.714 bits per heavy atom. The van der Waals surface area contributed by atoms with Crippen LogP contribution in [-0.2, 0) is 0 Å². The molecule has 128 valence electrons. The van der Waals surface area contributed by atoms with E-state index in [4.69, 9.17) is 0 Å². The van der Waals surface area contributed by atoms with E-state index in [9.17, 15) is 5.11 Å².